The average Bonchev–Trinajstić information content (AvgIpc) is 2.63. The predicted octanol–water partition coefficient (Wildman–Crippen LogP) is 2.83. The first-order chi connectivity index (χ1) is 7.95. The van der Waals surface area contributed by atoms with Crippen molar-refractivity contribution in [2.75, 3.05) is 5.75 Å². The summed E-state index contributed by atoms with van der Waals surface area (Å²) in [5.74, 6) is 0.499. The van der Waals surface area contributed by atoms with E-state index in [1.54, 1.807) is 0 Å². The first kappa shape index (κ1) is 12.2. The molecule has 0 radical (unpaired) electrons. The van der Waals surface area contributed by atoms with Crippen LogP contribution in [0.3, 0.4) is 0 Å². The SMILES string of the molecule is CC(C)(C)c1ccc(N=C2NC(=O)CS2)cc1. The van der Waals surface area contributed by atoms with Crippen molar-refractivity contribution >= 4 is 28.5 Å². The number of hydrogen-bond acceptors (Lipinski definition) is 3. The van der Waals surface area contributed by atoms with Crippen LogP contribution in [-0.2, 0) is 10.2 Å². The van der Waals surface area contributed by atoms with Crippen LogP contribution in [0.2, 0.25) is 0 Å². The maximum absolute atomic E-state index is 11.0. The van der Waals surface area contributed by atoms with Crippen molar-refractivity contribution in [2.24, 2.45) is 4.99 Å². The summed E-state index contributed by atoms with van der Waals surface area (Å²) in [6.07, 6.45) is 0. The highest BCUT2D eigenvalue weighted by molar-refractivity contribution is 8.15. The Hall–Kier alpha value is -1.29. The molecule has 1 aliphatic rings. The topological polar surface area (TPSA) is 41.5 Å². The molecule has 1 heterocycles. The van der Waals surface area contributed by atoms with Crippen LogP contribution in [0.1, 0.15) is 26.3 Å². The molecule has 17 heavy (non-hydrogen) atoms. The summed E-state index contributed by atoms with van der Waals surface area (Å²) in [6, 6.07) is 8.14. The molecule has 0 aliphatic carbocycles. The molecule has 0 aromatic heterocycles. The minimum absolute atomic E-state index is 0.0278. The second-order valence-electron chi connectivity index (χ2n) is 5.05. The standard InChI is InChI=1S/C13H16N2OS/c1-13(2,3)9-4-6-10(7-5-9)14-12-15-11(16)8-17-12/h4-7H,8H2,1-3H3,(H,14,15,16). The minimum atomic E-state index is 0.0278. The average molecular weight is 248 g/mol. The normalized spacial score (nSPS) is 18.5. The lowest BCUT2D eigenvalue weighted by Crippen LogP contribution is -2.19. The molecule has 0 unspecified atom stereocenters. The molecule has 1 aromatic rings. The van der Waals surface area contributed by atoms with Crippen LogP contribution in [0.15, 0.2) is 29.3 Å². The molecular formula is C13H16N2OS. The molecule has 1 saturated heterocycles. The lowest BCUT2D eigenvalue weighted by Gasteiger charge is -2.18. The number of nitrogens with zero attached hydrogens (tertiary/aromatic N) is 1. The maximum Gasteiger partial charge on any atom is 0.236 e. The van der Waals surface area contributed by atoms with Gasteiger partial charge >= 0.3 is 0 Å². The van der Waals surface area contributed by atoms with Crippen molar-refractivity contribution in [3.05, 3.63) is 29.8 Å². The molecule has 1 fully saturated rings. The van der Waals surface area contributed by atoms with E-state index in [0.29, 0.717) is 10.9 Å². The Morgan fingerprint density at radius 2 is 1.88 bits per heavy atom. The van der Waals surface area contributed by atoms with Crippen molar-refractivity contribution < 1.29 is 4.79 Å². The summed E-state index contributed by atoms with van der Waals surface area (Å²) < 4.78 is 0. The van der Waals surface area contributed by atoms with Crippen molar-refractivity contribution in [2.45, 2.75) is 26.2 Å². The first-order valence-corrected chi connectivity index (χ1v) is 6.55. The molecule has 1 aromatic carbocycles. The van der Waals surface area contributed by atoms with Gasteiger partial charge in [0.25, 0.3) is 0 Å². The molecule has 0 atom stereocenters. The molecule has 0 spiro atoms. The van der Waals surface area contributed by atoms with Gasteiger partial charge in [-0.3, -0.25) is 4.79 Å². The Morgan fingerprint density at radius 1 is 1.24 bits per heavy atom. The highest BCUT2D eigenvalue weighted by Crippen LogP contribution is 2.25. The third-order valence-corrected chi connectivity index (χ3v) is 3.42. The van der Waals surface area contributed by atoms with Crippen LogP contribution in [0.25, 0.3) is 0 Å². The van der Waals surface area contributed by atoms with E-state index in [0.717, 1.165) is 5.69 Å². The zero-order valence-corrected chi connectivity index (χ0v) is 11.1. The molecule has 90 valence electrons. The van der Waals surface area contributed by atoms with E-state index in [2.05, 4.69) is 43.2 Å². The zero-order chi connectivity index (χ0) is 12.5. The van der Waals surface area contributed by atoms with Gasteiger partial charge in [0.2, 0.25) is 5.91 Å². The Balaban J connectivity index is 2.16. The van der Waals surface area contributed by atoms with Gasteiger partial charge in [-0.15, -0.1) is 0 Å². The van der Waals surface area contributed by atoms with Crippen molar-refractivity contribution in [3.63, 3.8) is 0 Å². The number of carbonyl (C=O) groups is 1. The van der Waals surface area contributed by atoms with Gasteiger partial charge < -0.3 is 5.32 Å². The van der Waals surface area contributed by atoms with E-state index < -0.39 is 0 Å². The van der Waals surface area contributed by atoms with Crippen molar-refractivity contribution in [1.82, 2.24) is 5.32 Å². The number of rotatable bonds is 1. The monoisotopic (exact) mass is 248 g/mol. The predicted molar refractivity (Wildman–Crippen MR) is 72.8 cm³/mol. The van der Waals surface area contributed by atoms with Crippen LogP contribution in [-0.4, -0.2) is 16.8 Å². The summed E-state index contributed by atoms with van der Waals surface area (Å²) in [5, 5.41) is 3.41. The van der Waals surface area contributed by atoms with Gasteiger partial charge in [-0.2, -0.15) is 0 Å². The van der Waals surface area contributed by atoms with E-state index in [1.807, 2.05) is 12.1 Å². The number of thioether (sulfide) groups is 1. The molecule has 3 nitrogen and oxygen atoms in total. The maximum atomic E-state index is 11.0. The highest BCUT2D eigenvalue weighted by atomic mass is 32.2. The molecule has 1 N–H and O–H groups in total. The van der Waals surface area contributed by atoms with Crippen LogP contribution in [0.4, 0.5) is 5.69 Å². The summed E-state index contributed by atoms with van der Waals surface area (Å²) in [7, 11) is 0. The van der Waals surface area contributed by atoms with Crippen molar-refractivity contribution in [3.8, 4) is 0 Å². The molecular weight excluding hydrogens is 232 g/mol. The van der Waals surface area contributed by atoms with Crippen molar-refractivity contribution in [1.29, 1.82) is 0 Å². The summed E-state index contributed by atoms with van der Waals surface area (Å²) in [5.41, 5.74) is 2.31. The molecule has 1 amide bonds. The third-order valence-electron chi connectivity index (χ3n) is 2.55. The van der Waals surface area contributed by atoms with E-state index in [4.69, 9.17) is 0 Å². The van der Waals surface area contributed by atoms with Gasteiger partial charge in [-0.05, 0) is 23.1 Å². The number of hydrogen-bond donors (Lipinski definition) is 1. The molecule has 0 bridgehead atoms. The third kappa shape index (κ3) is 3.09. The van der Waals surface area contributed by atoms with E-state index in [9.17, 15) is 4.79 Å². The Kier molecular flexibility index (Phi) is 3.24. The first-order valence-electron chi connectivity index (χ1n) is 5.57. The minimum Gasteiger partial charge on any atom is -0.304 e. The van der Waals surface area contributed by atoms with Gasteiger partial charge in [0.1, 0.15) is 0 Å². The highest BCUT2D eigenvalue weighted by Gasteiger charge is 2.16. The fourth-order valence-electron chi connectivity index (χ4n) is 1.54. The Labute approximate surface area is 106 Å². The summed E-state index contributed by atoms with van der Waals surface area (Å²) in [6.45, 7) is 6.54. The Morgan fingerprint density at radius 3 is 2.35 bits per heavy atom. The van der Waals surface area contributed by atoms with Gasteiger partial charge in [0, 0.05) is 0 Å². The van der Waals surface area contributed by atoms with Crippen LogP contribution in [0, 0.1) is 0 Å². The van der Waals surface area contributed by atoms with E-state index in [-0.39, 0.29) is 11.3 Å². The van der Waals surface area contributed by atoms with Crippen LogP contribution < -0.4 is 5.32 Å². The quantitative estimate of drug-likeness (QED) is 0.830. The second-order valence-corrected chi connectivity index (χ2v) is 6.01. The van der Waals surface area contributed by atoms with E-state index in [1.165, 1.54) is 17.3 Å². The number of carbonyl (C=O) groups excluding carboxylic acids is 1. The van der Waals surface area contributed by atoms with Gasteiger partial charge in [0.05, 0.1) is 11.4 Å². The number of aliphatic imine (C=N–C) groups is 1. The fraction of sp³-hybridized carbons (Fsp3) is 0.385. The van der Waals surface area contributed by atoms with E-state index >= 15 is 0 Å². The van der Waals surface area contributed by atoms with Gasteiger partial charge in [0.15, 0.2) is 5.17 Å². The summed E-state index contributed by atoms with van der Waals surface area (Å²) in [4.78, 5) is 15.4. The molecule has 4 heteroatoms. The number of amidine groups is 1. The lowest BCUT2D eigenvalue weighted by molar-refractivity contribution is -0.116. The number of benzene rings is 1. The summed E-state index contributed by atoms with van der Waals surface area (Å²) >= 11 is 1.44. The Bertz CT molecular complexity index is 457. The largest absolute Gasteiger partial charge is 0.304 e. The molecule has 1 aliphatic heterocycles. The van der Waals surface area contributed by atoms with Crippen LogP contribution in [0.5, 0.6) is 0 Å². The number of amides is 1. The second kappa shape index (κ2) is 4.53. The zero-order valence-electron chi connectivity index (χ0n) is 10.3. The van der Waals surface area contributed by atoms with Gasteiger partial charge in [-0.25, -0.2) is 4.99 Å². The number of nitrogens with one attached hydrogen (secondary N) is 1. The fourth-order valence-corrected chi connectivity index (χ4v) is 2.23. The van der Waals surface area contributed by atoms with Crippen LogP contribution >= 0.6 is 11.8 Å². The smallest absolute Gasteiger partial charge is 0.236 e. The molecule has 0 saturated carbocycles. The lowest BCUT2D eigenvalue weighted by atomic mass is 9.87. The molecule has 2 rings (SSSR count). The van der Waals surface area contributed by atoms with Gasteiger partial charge in [-0.1, -0.05) is 44.7 Å².